The van der Waals surface area contributed by atoms with Crippen LogP contribution in [0.4, 0.5) is 21.5 Å². The molecule has 0 bridgehead atoms. The van der Waals surface area contributed by atoms with E-state index in [0.717, 1.165) is 5.56 Å². The van der Waals surface area contributed by atoms with E-state index in [1.165, 1.54) is 24.0 Å². The Morgan fingerprint density at radius 3 is 2.36 bits per heavy atom. The summed E-state index contributed by atoms with van der Waals surface area (Å²) in [6, 6.07) is 9.24. The molecule has 1 fully saturated rings. The molecule has 0 unspecified atom stereocenters. The summed E-state index contributed by atoms with van der Waals surface area (Å²) in [6.07, 6.45) is 0. The zero-order valence-corrected chi connectivity index (χ0v) is 16.7. The van der Waals surface area contributed by atoms with Crippen molar-refractivity contribution < 1.29 is 14.0 Å². The number of carbonyl (C=O) groups excluding carboxylic acids is 2. The molecular weight excluding hydrogens is 377 g/mol. The summed E-state index contributed by atoms with van der Waals surface area (Å²) in [7, 11) is 0. The van der Waals surface area contributed by atoms with Crippen LogP contribution in [0.25, 0.3) is 4.85 Å². The Morgan fingerprint density at radius 2 is 1.82 bits per heavy atom. The van der Waals surface area contributed by atoms with Crippen molar-refractivity contribution in [2.24, 2.45) is 0 Å². The molecule has 0 N–H and O–H groups in total. The van der Waals surface area contributed by atoms with Gasteiger partial charge < -0.3 is 4.90 Å². The lowest BCUT2D eigenvalue weighted by molar-refractivity contribution is -0.120. The minimum atomic E-state index is -1.05. The number of halogens is 1. The number of carbonyl (C=O) groups is 2. The first-order chi connectivity index (χ1) is 13.1. The second kappa shape index (κ2) is 6.80. The van der Waals surface area contributed by atoms with Crippen LogP contribution in [0.5, 0.6) is 0 Å². The number of thiocarbonyl (C=S) groups is 1. The van der Waals surface area contributed by atoms with Gasteiger partial charge in [0, 0.05) is 11.4 Å². The van der Waals surface area contributed by atoms with E-state index in [2.05, 4.69) is 4.85 Å². The van der Waals surface area contributed by atoms with Gasteiger partial charge in [0.25, 0.3) is 5.91 Å². The molecule has 0 spiro atoms. The summed E-state index contributed by atoms with van der Waals surface area (Å²) in [5.74, 6) is -1.30. The van der Waals surface area contributed by atoms with Crippen LogP contribution in [0.1, 0.15) is 36.7 Å². The molecule has 1 aliphatic heterocycles. The molecular formula is C21H18FN3O2S. The van der Waals surface area contributed by atoms with Crippen LogP contribution in [0, 0.1) is 19.3 Å². The summed E-state index contributed by atoms with van der Waals surface area (Å²) < 4.78 is 14.4. The predicted octanol–water partition coefficient (Wildman–Crippen LogP) is 4.80. The van der Waals surface area contributed by atoms with E-state index >= 15 is 0 Å². The third-order valence-electron chi connectivity index (χ3n) is 4.82. The van der Waals surface area contributed by atoms with Gasteiger partial charge in [-0.1, -0.05) is 6.07 Å². The SMILES string of the molecule is [C-]#[N+]c1ccc(N2C(=O)C(C)(C)N(c3ccc(C(C)=O)c(F)c3)C2=S)cc1C. The van der Waals surface area contributed by atoms with Crippen molar-refractivity contribution in [3.8, 4) is 0 Å². The Morgan fingerprint density at radius 1 is 1.18 bits per heavy atom. The van der Waals surface area contributed by atoms with Crippen molar-refractivity contribution in [2.75, 3.05) is 9.80 Å². The van der Waals surface area contributed by atoms with E-state index in [1.54, 1.807) is 49.9 Å². The number of hydrogen-bond acceptors (Lipinski definition) is 3. The van der Waals surface area contributed by atoms with Crippen molar-refractivity contribution in [3.63, 3.8) is 0 Å². The number of hydrogen-bond donors (Lipinski definition) is 0. The van der Waals surface area contributed by atoms with E-state index in [4.69, 9.17) is 18.8 Å². The topological polar surface area (TPSA) is 45.0 Å². The minimum absolute atomic E-state index is 0.0137. The first-order valence-corrected chi connectivity index (χ1v) is 8.97. The van der Waals surface area contributed by atoms with Crippen LogP contribution in [0.15, 0.2) is 36.4 Å². The summed E-state index contributed by atoms with van der Waals surface area (Å²) in [4.78, 5) is 31.0. The molecule has 0 aliphatic carbocycles. The monoisotopic (exact) mass is 395 g/mol. The molecule has 5 nitrogen and oxygen atoms in total. The fraction of sp³-hybridized carbons (Fsp3) is 0.238. The van der Waals surface area contributed by atoms with E-state index in [9.17, 15) is 14.0 Å². The highest BCUT2D eigenvalue weighted by molar-refractivity contribution is 7.81. The van der Waals surface area contributed by atoms with E-state index in [0.29, 0.717) is 17.1 Å². The molecule has 1 aliphatic rings. The molecule has 1 heterocycles. The van der Waals surface area contributed by atoms with Crippen LogP contribution in [-0.4, -0.2) is 22.3 Å². The van der Waals surface area contributed by atoms with Gasteiger partial charge in [-0.15, -0.1) is 0 Å². The number of ketones is 1. The lowest BCUT2D eigenvalue weighted by Gasteiger charge is -2.29. The summed E-state index contributed by atoms with van der Waals surface area (Å²) in [6.45, 7) is 13.7. The number of amides is 1. The molecule has 0 radical (unpaired) electrons. The molecule has 7 heteroatoms. The Bertz CT molecular complexity index is 1070. The van der Waals surface area contributed by atoms with Gasteiger partial charge >= 0.3 is 0 Å². The van der Waals surface area contributed by atoms with Crippen LogP contribution < -0.4 is 9.80 Å². The molecule has 0 saturated carbocycles. The zero-order valence-electron chi connectivity index (χ0n) is 15.9. The van der Waals surface area contributed by atoms with E-state index < -0.39 is 11.4 Å². The van der Waals surface area contributed by atoms with Gasteiger partial charge in [0.1, 0.15) is 11.4 Å². The second-order valence-corrected chi connectivity index (χ2v) is 7.49. The molecule has 1 amide bonds. The van der Waals surface area contributed by atoms with Gasteiger partial charge in [0.2, 0.25) is 0 Å². The molecule has 0 aromatic heterocycles. The lowest BCUT2D eigenvalue weighted by atomic mass is 10.0. The lowest BCUT2D eigenvalue weighted by Crippen LogP contribution is -2.44. The normalized spacial score (nSPS) is 15.7. The number of anilines is 2. The maximum atomic E-state index is 14.4. The molecule has 142 valence electrons. The Labute approximate surface area is 168 Å². The maximum absolute atomic E-state index is 14.4. The van der Waals surface area contributed by atoms with Crippen molar-refractivity contribution >= 4 is 46.1 Å². The molecule has 3 rings (SSSR count). The Kier molecular flexibility index (Phi) is 4.77. The van der Waals surface area contributed by atoms with Gasteiger partial charge in [-0.25, -0.2) is 9.24 Å². The zero-order chi connectivity index (χ0) is 20.8. The first-order valence-electron chi connectivity index (χ1n) is 8.57. The Hall–Kier alpha value is -3.11. The summed E-state index contributed by atoms with van der Waals surface area (Å²) >= 11 is 5.57. The van der Waals surface area contributed by atoms with Crippen LogP contribution in [0.2, 0.25) is 0 Å². The van der Waals surface area contributed by atoms with Gasteiger partial charge in [-0.3, -0.25) is 14.5 Å². The average molecular weight is 395 g/mol. The van der Waals surface area contributed by atoms with Gasteiger partial charge in [0.15, 0.2) is 16.6 Å². The van der Waals surface area contributed by atoms with Crippen molar-refractivity contribution in [2.45, 2.75) is 33.2 Å². The second-order valence-electron chi connectivity index (χ2n) is 7.12. The van der Waals surface area contributed by atoms with Gasteiger partial charge in [-0.05, 0) is 75.8 Å². The largest absolute Gasteiger partial charge is 0.303 e. The molecule has 2 aromatic rings. The highest BCUT2D eigenvalue weighted by Crippen LogP contribution is 2.38. The van der Waals surface area contributed by atoms with Crippen molar-refractivity contribution in [3.05, 3.63) is 64.8 Å². The smallest absolute Gasteiger partial charge is 0.259 e. The number of aryl methyl sites for hydroxylation is 1. The molecule has 28 heavy (non-hydrogen) atoms. The van der Waals surface area contributed by atoms with Crippen molar-refractivity contribution in [1.29, 1.82) is 0 Å². The van der Waals surface area contributed by atoms with E-state index in [1.807, 2.05) is 0 Å². The molecule has 0 atom stereocenters. The number of nitrogens with zero attached hydrogens (tertiary/aromatic N) is 3. The third-order valence-corrected chi connectivity index (χ3v) is 5.18. The summed E-state index contributed by atoms with van der Waals surface area (Å²) in [5.41, 5.74) is 1.11. The fourth-order valence-electron chi connectivity index (χ4n) is 3.29. The van der Waals surface area contributed by atoms with Crippen LogP contribution in [0.3, 0.4) is 0 Å². The van der Waals surface area contributed by atoms with Gasteiger partial charge in [-0.2, -0.15) is 0 Å². The predicted molar refractivity (Wildman–Crippen MR) is 110 cm³/mol. The van der Waals surface area contributed by atoms with Crippen molar-refractivity contribution in [1.82, 2.24) is 0 Å². The average Bonchev–Trinajstić information content (AvgIpc) is 2.79. The third kappa shape index (κ3) is 2.96. The van der Waals surface area contributed by atoms with Crippen LogP contribution >= 0.6 is 12.2 Å². The maximum Gasteiger partial charge on any atom is 0.259 e. The molecule has 2 aromatic carbocycles. The van der Waals surface area contributed by atoms with Crippen LogP contribution in [-0.2, 0) is 4.79 Å². The van der Waals surface area contributed by atoms with E-state index in [-0.39, 0.29) is 22.4 Å². The highest BCUT2D eigenvalue weighted by Gasteiger charge is 2.50. The van der Waals surface area contributed by atoms with Gasteiger partial charge in [0.05, 0.1) is 12.1 Å². The molecule has 1 saturated heterocycles. The standard InChI is InChI=1S/C21H18FN3O2S/c1-12-10-14(7-9-18(12)23-5)24-19(27)21(3,4)25(20(24)28)15-6-8-16(13(2)26)17(22)11-15/h6-11H,1-4H3. The number of rotatable bonds is 3. The number of Topliss-reactive ketones (excluding diaryl/α,β-unsaturated/α-hetero) is 1. The fourth-order valence-corrected chi connectivity index (χ4v) is 3.81. The quantitative estimate of drug-likeness (QED) is 0.425. The summed E-state index contributed by atoms with van der Waals surface area (Å²) in [5, 5.41) is 0.208. The highest BCUT2D eigenvalue weighted by atomic mass is 32.1. The minimum Gasteiger partial charge on any atom is -0.303 e. The Balaban J connectivity index is 2.08. The first kappa shape index (κ1) is 19.6. The number of benzene rings is 2.